The van der Waals surface area contributed by atoms with Crippen molar-refractivity contribution in [3.63, 3.8) is 0 Å². The molecule has 2 unspecified atom stereocenters. The minimum Gasteiger partial charge on any atom is -0.377 e. The van der Waals surface area contributed by atoms with E-state index in [-0.39, 0.29) is 17.9 Å². The molecule has 2 aliphatic heterocycles. The average Bonchev–Trinajstić information content (AvgIpc) is 2.86. The van der Waals surface area contributed by atoms with E-state index in [2.05, 4.69) is 24.4 Å². The molecule has 0 saturated carbocycles. The van der Waals surface area contributed by atoms with E-state index in [0.717, 1.165) is 38.2 Å². The number of carbonyl (C=O) groups is 1. The second-order valence-corrected chi connectivity index (χ2v) is 5.51. The zero-order valence-electron chi connectivity index (χ0n) is 12.0. The molecule has 1 fully saturated rings. The number of fused-ring (bicyclic) bond motifs is 1. The summed E-state index contributed by atoms with van der Waals surface area (Å²) in [6.45, 7) is 5.21. The summed E-state index contributed by atoms with van der Waals surface area (Å²) >= 11 is 0. The normalized spacial score (nSPS) is 26.1. The van der Waals surface area contributed by atoms with E-state index in [4.69, 9.17) is 4.74 Å². The minimum atomic E-state index is 0.0196. The quantitative estimate of drug-likeness (QED) is 0.896. The summed E-state index contributed by atoms with van der Waals surface area (Å²) in [5.41, 5.74) is 2.26. The Balaban J connectivity index is 1.87. The molecule has 2 heterocycles. The van der Waals surface area contributed by atoms with E-state index < -0.39 is 0 Å². The molecular formula is C16H22N2O2. The Kier molecular flexibility index (Phi) is 4.03. The zero-order valence-corrected chi connectivity index (χ0v) is 12.0. The maximum atomic E-state index is 12.9. The van der Waals surface area contributed by atoms with Crippen molar-refractivity contribution in [2.24, 2.45) is 5.92 Å². The van der Waals surface area contributed by atoms with Gasteiger partial charge in [0.25, 0.3) is 0 Å². The van der Waals surface area contributed by atoms with Crippen molar-refractivity contribution in [2.75, 3.05) is 24.6 Å². The Labute approximate surface area is 120 Å². The predicted molar refractivity (Wildman–Crippen MR) is 78.6 cm³/mol. The van der Waals surface area contributed by atoms with Crippen LogP contribution < -0.4 is 10.2 Å². The van der Waals surface area contributed by atoms with Crippen LogP contribution in [0.3, 0.4) is 0 Å². The van der Waals surface area contributed by atoms with Crippen molar-refractivity contribution in [1.82, 2.24) is 5.32 Å². The molecule has 0 aliphatic carbocycles. The fourth-order valence-electron chi connectivity index (χ4n) is 3.22. The molecule has 4 nitrogen and oxygen atoms in total. The van der Waals surface area contributed by atoms with Crippen LogP contribution >= 0.6 is 0 Å². The van der Waals surface area contributed by atoms with Crippen LogP contribution in [0, 0.1) is 5.92 Å². The summed E-state index contributed by atoms with van der Waals surface area (Å²) in [6.07, 6.45) is 1.85. The lowest BCUT2D eigenvalue weighted by atomic mass is 9.97. The third-order valence-corrected chi connectivity index (χ3v) is 4.31. The summed E-state index contributed by atoms with van der Waals surface area (Å²) in [5.74, 6) is 0.247. The minimum absolute atomic E-state index is 0.0196. The van der Waals surface area contributed by atoms with Gasteiger partial charge >= 0.3 is 0 Å². The highest BCUT2D eigenvalue weighted by atomic mass is 16.5. The Morgan fingerprint density at radius 3 is 3.15 bits per heavy atom. The third kappa shape index (κ3) is 2.45. The summed E-state index contributed by atoms with van der Waals surface area (Å²) in [7, 11) is 0. The molecule has 2 aliphatic rings. The summed E-state index contributed by atoms with van der Waals surface area (Å²) < 4.78 is 5.68. The van der Waals surface area contributed by atoms with Crippen molar-refractivity contribution in [3.05, 3.63) is 29.8 Å². The molecule has 0 aromatic heterocycles. The molecule has 0 radical (unpaired) electrons. The largest absolute Gasteiger partial charge is 0.377 e. The van der Waals surface area contributed by atoms with Crippen LogP contribution in [0.4, 0.5) is 5.69 Å². The number of amides is 1. The number of hydrogen-bond donors (Lipinski definition) is 1. The molecule has 2 atom stereocenters. The molecular weight excluding hydrogens is 252 g/mol. The number of nitrogens with one attached hydrogen (secondary N) is 1. The average molecular weight is 274 g/mol. The molecule has 0 bridgehead atoms. The van der Waals surface area contributed by atoms with E-state index in [1.165, 1.54) is 5.56 Å². The number of hydrogen-bond acceptors (Lipinski definition) is 3. The molecule has 1 amide bonds. The van der Waals surface area contributed by atoms with Gasteiger partial charge in [0, 0.05) is 31.9 Å². The molecule has 1 saturated heterocycles. The Hall–Kier alpha value is -1.39. The lowest BCUT2D eigenvalue weighted by Crippen LogP contribution is -2.41. The number of nitrogens with zero attached hydrogens (tertiary/aromatic N) is 1. The maximum Gasteiger partial charge on any atom is 0.232 e. The van der Waals surface area contributed by atoms with E-state index in [0.29, 0.717) is 6.61 Å². The number of ether oxygens (including phenoxy) is 1. The van der Waals surface area contributed by atoms with Crippen LogP contribution in [0.15, 0.2) is 24.3 Å². The first-order chi connectivity index (χ1) is 9.81. The highest BCUT2D eigenvalue weighted by molar-refractivity contribution is 5.96. The molecule has 3 rings (SSSR count). The number of rotatable bonds is 2. The van der Waals surface area contributed by atoms with Crippen molar-refractivity contribution in [3.8, 4) is 0 Å². The highest BCUT2D eigenvalue weighted by Gasteiger charge is 2.36. The first kappa shape index (κ1) is 13.6. The topological polar surface area (TPSA) is 41.6 Å². The molecule has 108 valence electrons. The van der Waals surface area contributed by atoms with E-state index in [1.807, 2.05) is 17.0 Å². The van der Waals surface area contributed by atoms with E-state index in [9.17, 15) is 4.79 Å². The Morgan fingerprint density at radius 2 is 2.30 bits per heavy atom. The van der Waals surface area contributed by atoms with Gasteiger partial charge in [-0.1, -0.05) is 25.1 Å². The number of carbonyl (C=O) groups excluding carboxylic acids is 1. The van der Waals surface area contributed by atoms with Crippen LogP contribution in [0.25, 0.3) is 0 Å². The highest BCUT2D eigenvalue weighted by Crippen LogP contribution is 2.29. The van der Waals surface area contributed by atoms with Gasteiger partial charge in [0.05, 0.1) is 12.0 Å². The first-order valence-corrected chi connectivity index (χ1v) is 7.53. The van der Waals surface area contributed by atoms with Gasteiger partial charge in [-0.25, -0.2) is 0 Å². The van der Waals surface area contributed by atoms with Gasteiger partial charge in [-0.3, -0.25) is 4.79 Å². The lowest BCUT2D eigenvalue weighted by molar-refractivity contribution is -0.124. The van der Waals surface area contributed by atoms with Gasteiger partial charge in [-0.15, -0.1) is 0 Å². The summed E-state index contributed by atoms with van der Waals surface area (Å²) in [6, 6.07) is 8.18. The van der Waals surface area contributed by atoms with Gasteiger partial charge in [-0.05, 0) is 24.5 Å². The Bertz CT molecular complexity index is 489. The standard InChI is InChI=1S/C16H22N2O2/c1-2-15-13(7-10-20-15)16(19)18-9-8-17-11-12-5-3-4-6-14(12)18/h3-6,13,15,17H,2,7-11H2,1H3. The third-order valence-electron chi connectivity index (χ3n) is 4.31. The van der Waals surface area contributed by atoms with Crippen LogP contribution in [-0.4, -0.2) is 31.7 Å². The van der Waals surface area contributed by atoms with Gasteiger partial charge in [0.2, 0.25) is 5.91 Å². The van der Waals surface area contributed by atoms with Crippen molar-refractivity contribution in [1.29, 1.82) is 0 Å². The number of para-hydroxylation sites is 1. The fraction of sp³-hybridized carbons (Fsp3) is 0.562. The van der Waals surface area contributed by atoms with Crippen LogP contribution in [0.5, 0.6) is 0 Å². The van der Waals surface area contributed by atoms with Crippen molar-refractivity contribution < 1.29 is 9.53 Å². The molecule has 20 heavy (non-hydrogen) atoms. The molecule has 1 aromatic carbocycles. The first-order valence-electron chi connectivity index (χ1n) is 7.53. The SMILES string of the molecule is CCC1OCCC1C(=O)N1CCNCc2ccccc21. The Morgan fingerprint density at radius 1 is 1.45 bits per heavy atom. The molecule has 1 N–H and O–H groups in total. The van der Waals surface area contributed by atoms with Gasteiger partial charge in [-0.2, -0.15) is 0 Å². The number of anilines is 1. The van der Waals surface area contributed by atoms with Crippen LogP contribution in [-0.2, 0) is 16.1 Å². The smallest absolute Gasteiger partial charge is 0.232 e. The summed E-state index contributed by atoms with van der Waals surface area (Å²) in [4.78, 5) is 14.9. The van der Waals surface area contributed by atoms with Crippen LogP contribution in [0.2, 0.25) is 0 Å². The lowest BCUT2D eigenvalue weighted by Gasteiger charge is -2.27. The van der Waals surface area contributed by atoms with Gasteiger partial charge < -0.3 is 15.0 Å². The molecule has 0 spiro atoms. The monoisotopic (exact) mass is 274 g/mol. The van der Waals surface area contributed by atoms with E-state index in [1.54, 1.807) is 0 Å². The maximum absolute atomic E-state index is 12.9. The van der Waals surface area contributed by atoms with E-state index >= 15 is 0 Å². The fourth-order valence-corrected chi connectivity index (χ4v) is 3.22. The molecule has 1 aromatic rings. The van der Waals surface area contributed by atoms with Gasteiger partial charge in [0.1, 0.15) is 0 Å². The zero-order chi connectivity index (χ0) is 13.9. The predicted octanol–water partition coefficient (Wildman–Crippen LogP) is 1.94. The van der Waals surface area contributed by atoms with Gasteiger partial charge in [0.15, 0.2) is 0 Å². The summed E-state index contributed by atoms with van der Waals surface area (Å²) in [5, 5.41) is 3.38. The van der Waals surface area contributed by atoms with Crippen molar-refractivity contribution >= 4 is 11.6 Å². The second-order valence-electron chi connectivity index (χ2n) is 5.51. The second kappa shape index (κ2) is 5.94. The van der Waals surface area contributed by atoms with Crippen LogP contribution in [0.1, 0.15) is 25.3 Å². The van der Waals surface area contributed by atoms with Crippen molar-refractivity contribution in [2.45, 2.75) is 32.4 Å². The number of benzene rings is 1. The molecule has 4 heteroatoms.